The second-order valence-corrected chi connectivity index (χ2v) is 7.76. The van der Waals surface area contributed by atoms with E-state index in [0.29, 0.717) is 11.6 Å². The summed E-state index contributed by atoms with van der Waals surface area (Å²) in [6.45, 7) is 0.342. The van der Waals surface area contributed by atoms with Crippen LogP contribution in [0.25, 0.3) is 0 Å². The van der Waals surface area contributed by atoms with Crippen molar-refractivity contribution < 1.29 is 18.0 Å². The van der Waals surface area contributed by atoms with E-state index in [9.17, 15) is 18.0 Å². The van der Waals surface area contributed by atoms with Crippen molar-refractivity contribution in [2.45, 2.75) is 38.3 Å². The fourth-order valence-electron chi connectivity index (χ4n) is 3.26. The molecule has 0 radical (unpaired) electrons. The fourth-order valence-corrected chi connectivity index (χ4v) is 3.60. The molecule has 0 aliphatic heterocycles. The Kier molecular flexibility index (Phi) is 6.85. The van der Waals surface area contributed by atoms with Gasteiger partial charge < -0.3 is 10.6 Å². The normalized spacial score (nSPS) is 15.2. The Hall–Kier alpha value is -2.06. The summed E-state index contributed by atoms with van der Waals surface area (Å²) in [6, 6.07) is 4.46. The highest BCUT2D eigenvalue weighted by Gasteiger charge is 2.38. The Morgan fingerprint density at radius 1 is 1.17 bits per heavy atom. The molecule has 0 spiro atoms. The average molecular weight is 447 g/mol. The molecule has 1 saturated carbocycles. The van der Waals surface area contributed by atoms with Gasteiger partial charge in [-0.05, 0) is 37.0 Å². The van der Waals surface area contributed by atoms with Crippen molar-refractivity contribution in [3.05, 3.63) is 45.7 Å². The largest absolute Gasteiger partial charge is 0.434 e. The third-order valence-corrected chi connectivity index (χ3v) is 5.32. The van der Waals surface area contributed by atoms with Gasteiger partial charge in [0, 0.05) is 17.8 Å². The van der Waals surface area contributed by atoms with E-state index in [0.717, 1.165) is 38.3 Å². The quantitative estimate of drug-likeness (QED) is 0.603. The maximum atomic E-state index is 13.5. The second-order valence-electron chi connectivity index (χ2n) is 6.92. The Morgan fingerprint density at radius 2 is 1.90 bits per heavy atom. The van der Waals surface area contributed by atoms with Crippen LogP contribution in [0, 0.1) is 5.92 Å². The number of carbonyl (C=O) groups is 1. The minimum absolute atomic E-state index is 0.237. The van der Waals surface area contributed by atoms with Crippen LogP contribution in [0.2, 0.25) is 10.0 Å². The van der Waals surface area contributed by atoms with Crippen molar-refractivity contribution in [2.24, 2.45) is 5.92 Å². The highest BCUT2D eigenvalue weighted by molar-refractivity contribution is 6.35. The fraction of sp³-hybridized carbons (Fsp3) is 0.421. The summed E-state index contributed by atoms with van der Waals surface area (Å²) in [6.07, 6.45) is 1.27. The van der Waals surface area contributed by atoms with E-state index in [1.165, 1.54) is 18.2 Å². The van der Waals surface area contributed by atoms with Crippen LogP contribution in [0.5, 0.6) is 0 Å². The molecule has 5 nitrogen and oxygen atoms in total. The molecule has 29 heavy (non-hydrogen) atoms. The van der Waals surface area contributed by atoms with Gasteiger partial charge in [-0.15, -0.1) is 0 Å². The monoisotopic (exact) mass is 446 g/mol. The van der Waals surface area contributed by atoms with Gasteiger partial charge in [-0.2, -0.15) is 13.2 Å². The summed E-state index contributed by atoms with van der Waals surface area (Å²) >= 11 is 11.9. The predicted octanol–water partition coefficient (Wildman–Crippen LogP) is 5.86. The van der Waals surface area contributed by atoms with Crippen LogP contribution in [0.3, 0.4) is 0 Å². The lowest BCUT2D eigenvalue weighted by atomic mass is 9.89. The van der Waals surface area contributed by atoms with Gasteiger partial charge in [0.25, 0.3) is 5.91 Å². The number of benzene rings is 1. The number of rotatable bonds is 5. The molecule has 1 amide bonds. The molecule has 1 heterocycles. The highest BCUT2D eigenvalue weighted by Crippen LogP contribution is 2.33. The minimum atomic E-state index is -4.82. The van der Waals surface area contributed by atoms with E-state index < -0.39 is 23.3 Å². The van der Waals surface area contributed by atoms with Gasteiger partial charge in [-0.25, -0.2) is 9.97 Å². The average Bonchev–Trinajstić information content (AvgIpc) is 2.69. The number of nitrogens with one attached hydrogen (secondary N) is 2. The molecule has 2 aromatic rings. The van der Waals surface area contributed by atoms with Crippen molar-refractivity contribution in [2.75, 3.05) is 11.9 Å². The van der Waals surface area contributed by atoms with E-state index in [1.54, 1.807) is 0 Å². The molecular weight excluding hydrogens is 428 g/mol. The minimum Gasteiger partial charge on any atom is -0.352 e. The Balaban J connectivity index is 1.80. The van der Waals surface area contributed by atoms with Crippen molar-refractivity contribution >= 4 is 40.7 Å². The molecular formula is C19H19Cl2F3N4O. The molecule has 0 atom stereocenters. The Bertz CT molecular complexity index is 886. The lowest BCUT2D eigenvalue weighted by molar-refractivity contribution is -0.141. The summed E-state index contributed by atoms with van der Waals surface area (Å²) in [5.74, 6) is -0.894. The molecule has 1 aromatic carbocycles. The molecule has 0 unspecified atom stereocenters. The number of nitrogens with zero attached hydrogens (tertiary/aromatic N) is 2. The van der Waals surface area contributed by atoms with E-state index in [4.69, 9.17) is 23.2 Å². The first-order chi connectivity index (χ1) is 13.7. The van der Waals surface area contributed by atoms with Gasteiger partial charge >= 0.3 is 6.18 Å². The molecule has 1 aromatic heterocycles. The molecule has 0 saturated heterocycles. The van der Waals surface area contributed by atoms with Crippen molar-refractivity contribution in [3.63, 3.8) is 0 Å². The first kappa shape index (κ1) is 21.6. The van der Waals surface area contributed by atoms with Crippen molar-refractivity contribution in [3.8, 4) is 0 Å². The van der Waals surface area contributed by atoms with Crippen LogP contribution in [-0.4, -0.2) is 22.4 Å². The van der Waals surface area contributed by atoms with E-state index in [-0.39, 0.29) is 22.6 Å². The number of anilines is 2. The molecule has 156 valence electrons. The lowest BCUT2D eigenvalue weighted by Crippen LogP contribution is -2.32. The molecule has 1 aliphatic carbocycles. The maximum absolute atomic E-state index is 13.5. The summed E-state index contributed by atoms with van der Waals surface area (Å²) in [4.78, 5) is 19.7. The third kappa shape index (κ3) is 5.73. The van der Waals surface area contributed by atoms with Crippen LogP contribution < -0.4 is 10.6 Å². The predicted molar refractivity (Wildman–Crippen MR) is 106 cm³/mol. The Labute approximate surface area is 176 Å². The topological polar surface area (TPSA) is 66.9 Å². The van der Waals surface area contributed by atoms with Gasteiger partial charge in [-0.3, -0.25) is 4.79 Å². The molecule has 0 bridgehead atoms. The first-order valence-electron chi connectivity index (χ1n) is 9.18. The SMILES string of the molecule is O=C(NCC1CCCCC1)c1cnc(Nc2cc(Cl)ccc2Cl)nc1C(F)(F)F. The van der Waals surface area contributed by atoms with Crippen LogP contribution in [0.4, 0.5) is 24.8 Å². The van der Waals surface area contributed by atoms with Gasteiger partial charge in [0.1, 0.15) is 0 Å². The first-order valence-corrected chi connectivity index (χ1v) is 9.94. The number of hydrogen-bond donors (Lipinski definition) is 2. The number of halogens is 5. The van der Waals surface area contributed by atoms with Crippen LogP contribution >= 0.6 is 23.2 Å². The summed E-state index contributed by atoms with van der Waals surface area (Å²) in [7, 11) is 0. The van der Waals surface area contributed by atoms with Crippen LogP contribution in [0.1, 0.15) is 48.2 Å². The van der Waals surface area contributed by atoms with Gasteiger partial charge in [0.15, 0.2) is 5.69 Å². The van der Waals surface area contributed by atoms with Gasteiger partial charge in [-0.1, -0.05) is 42.5 Å². The number of hydrogen-bond acceptors (Lipinski definition) is 4. The summed E-state index contributed by atoms with van der Waals surface area (Å²) in [5.41, 5.74) is -1.67. The molecule has 1 aliphatic rings. The number of alkyl halides is 3. The molecule has 10 heteroatoms. The molecule has 3 rings (SSSR count). The molecule has 2 N–H and O–H groups in total. The zero-order chi connectivity index (χ0) is 21.0. The van der Waals surface area contributed by atoms with E-state index in [1.807, 2.05) is 0 Å². The van der Waals surface area contributed by atoms with E-state index >= 15 is 0 Å². The zero-order valence-corrected chi connectivity index (χ0v) is 16.8. The molecule has 1 fully saturated rings. The van der Waals surface area contributed by atoms with Gasteiger partial charge in [0.2, 0.25) is 5.95 Å². The van der Waals surface area contributed by atoms with Crippen molar-refractivity contribution in [1.82, 2.24) is 15.3 Å². The number of carbonyl (C=O) groups excluding carboxylic acids is 1. The third-order valence-electron chi connectivity index (χ3n) is 4.75. The Morgan fingerprint density at radius 3 is 2.59 bits per heavy atom. The van der Waals surface area contributed by atoms with Crippen LogP contribution in [0.15, 0.2) is 24.4 Å². The summed E-state index contributed by atoms with van der Waals surface area (Å²) < 4.78 is 40.6. The zero-order valence-electron chi connectivity index (χ0n) is 15.3. The standard InChI is InChI=1S/C19H19Cl2F3N4O/c20-12-6-7-14(21)15(8-12)27-18-26-10-13(16(28-18)19(22,23)24)17(29)25-9-11-4-2-1-3-5-11/h6-8,10-11H,1-5,9H2,(H,25,29)(H,26,27,28). The van der Waals surface area contributed by atoms with Gasteiger partial charge in [0.05, 0.1) is 16.3 Å². The van der Waals surface area contributed by atoms with Crippen LogP contribution in [-0.2, 0) is 6.18 Å². The lowest BCUT2D eigenvalue weighted by Gasteiger charge is -2.22. The number of aromatic nitrogens is 2. The van der Waals surface area contributed by atoms with Crippen molar-refractivity contribution in [1.29, 1.82) is 0 Å². The number of amides is 1. The smallest absolute Gasteiger partial charge is 0.352 e. The maximum Gasteiger partial charge on any atom is 0.434 e. The summed E-state index contributed by atoms with van der Waals surface area (Å²) in [5, 5.41) is 5.77. The van der Waals surface area contributed by atoms with E-state index in [2.05, 4.69) is 20.6 Å². The highest BCUT2D eigenvalue weighted by atomic mass is 35.5. The second kappa shape index (κ2) is 9.17.